The third kappa shape index (κ3) is 5.84. The molecule has 0 fully saturated rings. The molecule has 1 atom stereocenters. The van der Waals surface area contributed by atoms with E-state index in [9.17, 15) is 19.7 Å². The summed E-state index contributed by atoms with van der Waals surface area (Å²) in [6.07, 6.45) is 0.206. The Morgan fingerprint density at radius 1 is 1.03 bits per heavy atom. The summed E-state index contributed by atoms with van der Waals surface area (Å²) in [4.78, 5) is 36.5. The van der Waals surface area contributed by atoms with Gasteiger partial charge in [-0.1, -0.05) is 59.6 Å². The first-order chi connectivity index (χ1) is 15.2. The summed E-state index contributed by atoms with van der Waals surface area (Å²) in [5.74, 6) is -1.10. The van der Waals surface area contributed by atoms with Crippen molar-refractivity contribution in [1.29, 1.82) is 0 Å². The summed E-state index contributed by atoms with van der Waals surface area (Å²) in [5.41, 5.74) is 1.51. The Morgan fingerprint density at radius 2 is 1.75 bits per heavy atom. The highest BCUT2D eigenvalue weighted by Crippen LogP contribution is 2.26. The van der Waals surface area contributed by atoms with E-state index in [1.54, 1.807) is 19.1 Å². The first kappa shape index (κ1) is 23.2. The Balaban J connectivity index is 1.85. The first-order valence-corrected chi connectivity index (χ1v) is 10.4. The molecular formula is C23H19Cl2N3O4. The van der Waals surface area contributed by atoms with E-state index in [0.29, 0.717) is 16.3 Å². The van der Waals surface area contributed by atoms with Crippen LogP contribution in [0.25, 0.3) is 0 Å². The fraction of sp³-hybridized carbons (Fsp3) is 0.130. The lowest BCUT2D eigenvalue weighted by atomic mass is 10.0. The van der Waals surface area contributed by atoms with Gasteiger partial charge in [0.05, 0.1) is 15.6 Å². The van der Waals surface area contributed by atoms with Crippen molar-refractivity contribution in [3.63, 3.8) is 0 Å². The number of aryl methyl sites for hydroxylation is 1. The van der Waals surface area contributed by atoms with Crippen LogP contribution in [0.3, 0.4) is 0 Å². The van der Waals surface area contributed by atoms with Crippen LogP contribution in [0.5, 0.6) is 0 Å². The van der Waals surface area contributed by atoms with Crippen LogP contribution in [-0.2, 0) is 11.2 Å². The molecule has 0 aliphatic carbocycles. The van der Waals surface area contributed by atoms with E-state index >= 15 is 0 Å². The van der Waals surface area contributed by atoms with E-state index in [1.807, 2.05) is 30.3 Å². The largest absolute Gasteiger partial charge is 0.340 e. The van der Waals surface area contributed by atoms with Gasteiger partial charge >= 0.3 is 0 Å². The van der Waals surface area contributed by atoms with E-state index in [1.165, 1.54) is 24.3 Å². The van der Waals surface area contributed by atoms with E-state index < -0.39 is 22.8 Å². The van der Waals surface area contributed by atoms with Gasteiger partial charge in [-0.3, -0.25) is 19.7 Å². The highest BCUT2D eigenvalue weighted by molar-refractivity contribution is 6.36. The Morgan fingerprint density at radius 3 is 2.41 bits per heavy atom. The molecule has 0 spiro atoms. The van der Waals surface area contributed by atoms with Gasteiger partial charge in [-0.25, -0.2) is 0 Å². The van der Waals surface area contributed by atoms with Crippen LogP contribution < -0.4 is 10.6 Å². The third-order valence-electron chi connectivity index (χ3n) is 4.76. The third-order valence-corrected chi connectivity index (χ3v) is 5.31. The minimum atomic E-state index is -0.961. The number of halogens is 2. The summed E-state index contributed by atoms with van der Waals surface area (Å²) in [6.45, 7) is 1.58. The van der Waals surface area contributed by atoms with Crippen molar-refractivity contribution < 1.29 is 14.5 Å². The lowest BCUT2D eigenvalue weighted by Gasteiger charge is -2.19. The molecule has 2 amide bonds. The summed E-state index contributed by atoms with van der Waals surface area (Å²) >= 11 is 12.1. The van der Waals surface area contributed by atoms with Crippen molar-refractivity contribution in [3.05, 3.63) is 104 Å². The molecule has 3 rings (SSSR count). The lowest BCUT2D eigenvalue weighted by molar-refractivity contribution is -0.385. The standard InChI is InChI=1S/C23H19Cl2N3O4/c1-14-7-8-16(12-21(14)28(31)32)22(29)27-20(11-15-5-3-2-4-6-15)23(30)26-19-10-9-17(24)13-18(19)25/h2-10,12-13,20H,11H2,1H3,(H,26,30)(H,27,29). The molecule has 1 unspecified atom stereocenters. The van der Waals surface area contributed by atoms with Gasteiger partial charge in [0, 0.05) is 28.6 Å². The maximum atomic E-state index is 13.0. The normalized spacial score (nSPS) is 11.5. The monoisotopic (exact) mass is 471 g/mol. The molecule has 3 aromatic rings. The van der Waals surface area contributed by atoms with Gasteiger partial charge in [-0.2, -0.15) is 0 Å². The Labute approximate surface area is 194 Å². The Bertz CT molecular complexity index is 1170. The molecule has 9 heteroatoms. The summed E-state index contributed by atoms with van der Waals surface area (Å²) in [6, 6.07) is 17.0. The molecule has 0 saturated heterocycles. The quantitative estimate of drug-likeness (QED) is 0.365. The molecule has 0 aliphatic rings. The maximum absolute atomic E-state index is 13.0. The molecule has 7 nitrogen and oxygen atoms in total. The smallest absolute Gasteiger partial charge is 0.273 e. The zero-order valence-corrected chi connectivity index (χ0v) is 18.5. The number of rotatable bonds is 7. The van der Waals surface area contributed by atoms with Crippen molar-refractivity contribution in [1.82, 2.24) is 5.32 Å². The van der Waals surface area contributed by atoms with E-state index in [0.717, 1.165) is 5.56 Å². The minimum absolute atomic E-state index is 0.0812. The summed E-state index contributed by atoms with van der Waals surface area (Å²) < 4.78 is 0. The molecule has 3 aromatic carbocycles. The second-order valence-corrected chi connectivity index (χ2v) is 7.93. The number of hydrogen-bond acceptors (Lipinski definition) is 4. The average Bonchev–Trinajstić information content (AvgIpc) is 2.76. The molecule has 0 saturated carbocycles. The molecule has 164 valence electrons. The van der Waals surface area contributed by atoms with Gasteiger partial charge in [0.25, 0.3) is 11.6 Å². The van der Waals surface area contributed by atoms with Gasteiger partial charge in [0.15, 0.2) is 0 Å². The SMILES string of the molecule is Cc1ccc(C(=O)NC(Cc2ccccc2)C(=O)Nc2ccc(Cl)cc2Cl)cc1[N+](=O)[O-]. The summed E-state index contributed by atoms with van der Waals surface area (Å²) in [7, 11) is 0. The van der Waals surface area contributed by atoms with Crippen LogP contribution in [0.2, 0.25) is 10.0 Å². The highest BCUT2D eigenvalue weighted by Gasteiger charge is 2.24. The van der Waals surface area contributed by atoms with E-state index in [2.05, 4.69) is 10.6 Å². The van der Waals surface area contributed by atoms with Crippen molar-refractivity contribution in [3.8, 4) is 0 Å². The fourth-order valence-corrected chi connectivity index (χ4v) is 3.51. The molecular weight excluding hydrogens is 453 g/mol. The van der Waals surface area contributed by atoms with Crippen LogP contribution in [0.15, 0.2) is 66.7 Å². The van der Waals surface area contributed by atoms with Crippen molar-refractivity contribution >= 4 is 46.4 Å². The predicted molar refractivity (Wildman–Crippen MR) is 124 cm³/mol. The Hall–Kier alpha value is -3.42. The first-order valence-electron chi connectivity index (χ1n) is 9.60. The highest BCUT2D eigenvalue weighted by atomic mass is 35.5. The van der Waals surface area contributed by atoms with Crippen LogP contribution in [-0.4, -0.2) is 22.8 Å². The fourth-order valence-electron chi connectivity index (χ4n) is 3.06. The number of nitrogens with one attached hydrogen (secondary N) is 2. The number of nitro benzene ring substituents is 1. The second kappa shape index (κ2) is 10.3. The lowest BCUT2D eigenvalue weighted by Crippen LogP contribution is -2.45. The zero-order chi connectivity index (χ0) is 23.3. The molecule has 0 heterocycles. The second-order valence-electron chi connectivity index (χ2n) is 7.09. The van der Waals surface area contributed by atoms with Gasteiger partial charge in [-0.05, 0) is 36.8 Å². The van der Waals surface area contributed by atoms with Crippen molar-refractivity contribution in [2.45, 2.75) is 19.4 Å². The van der Waals surface area contributed by atoms with Crippen LogP contribution in [0, 0.1) is 17.0 Å². The molecule has 0 aliphatic heterocycles. The van der Waals surface area contributed by atoms with E-state index in [4.69, 9.17) is 23.2 Å². The number of amides is 2. The summed E-state index contributed by atoms with van der Waals surface area (Å²) in [5, 5.41) is 17.3. The van der Waals surface area contributed by atoms with Gasteiger partial charge in [0.2, 0.25) is 5.91 Å². The number of anilines is 1. The topological polar surface area (TPSA) is 101 Å². The molecule has 0 radical (unpaired) electrons. The average molecular weight is 472 g/mol. The Kier molecular flexibility index (Phi) is 7.45. The predicted octanol–water partition coefficient (Wildman–Crippen LogP) is 5.19. The van der Waals surface area contributed by atoms with Crippen LogP contribution in [0.4, 0.5) is 11.4 Å². The number of carbonyl (C=O) groups excluding carboxylic acids is 2. The minimum Gasteiger partial charge on any atom is -0.340 e. The van der Waals surface area contributed by atoms with Crippen LogP contribution >= 0.6 is 23.2 Å². The number of nitrogens with zero attached hydrogens (tertiary/aromatic N) is 1. The molecule has 0 bridgehead atoms. The number of benzene rings is 3. The number of hydrogen-bond donors (Lipinski definition) is 2. The number of carbonyl (C=O) groups is 2. The molecule has 32 heavy (non-hydrogen) atoms. The van der Waals surface area contributed by atoms with Gasteiger partial charge < -0.3 is 10.6 Å². The number of nitro groups is 1. The maximum Gasteiger partial charge on any atom is 0.273 e. The van der Waals surface area contributed by atoms with Crippen LogP contribution in [0.1, 0.15) is 21.5 Å². The molecule has 2 N–H and O–H groups in total. The van der Waals surface area contributed by atoms with E-state index in [-0.39, 0.29) is 22.7 Å². The van der Waals surface area contributed by atoms with Gasteiger partial charge in [0.1, 0.15) is 6.04 Å². The van der Waals surface area contributed by atoms with Gasteiger partial charge in [-0.15, -0.1) is 0 Å². The zero-order valence-electron chi connectivity index (χ0n) is 17.0. The molecule has 0 aromatic heterocycles. The van der Waals surface area contributed by atoms with Crippen molar-refractivity contribution in [2.75, 3.05) is 5.32 Å². The van der Waals surface area contributed by atoms with Crippen molar-refractivity contribution in [2.24, 2.45) is 0 Å².